The van der Waals surface area contributed by atoms with Gasteiger partial charge in [0, 0.05) is 5.39 Å². The van der Waals surface area contributed by atoms with Crippen molar-refractivity contribution in [3.63, 3.8) is 0 Å². The van der Waals surface area contributed by atoms with Crippen LogP contribution in [0.3, 0.4) is 0 Å². The minimum Gasteiger partial charge on any atom is -0.459 e. The fourth-order valence-electron chi connectivity index (χ4n) is 2.54. The summed E-state index contributed by atoms with van der Waals surface area (Å²) in [4.78, 5) is 0. The predicted molar refractivity (Wildman–Crippen MR) is 78.2 cm³/mol. The molecule has 0 fully saturated rings. The average molecular weight is 287 g/mol. The molecule has 108 valence electrons. The second-order valence-corrected chi connectivity index (χ2v) is 5.04. The van der Waals surface area contributed by atoms with Gasteiger partial charge in [0.1, 0.15) is 11.3 Å². The van der Waals surface area contributed by atoms with Gasteiger partial charge in [-0.3, -0.25) is 0 Å². The molecule has 0 spiro atoms. The van der Waals surface area contributed by atoms with Gasteiger partial charge >= 0.3 is 0 Å². The molecule has 0 aliphatic carbocycles. The number of nitrogens with one attached hydrogen (secondary N) is 1. The van der Waals surface area contributed by atoms with Gasteiger partial charge < -0.3 is 9.73 Å². The fraction of sp³-hybridized carbons (Fsp3) is 0.176. The van der Waals surface area contributed by atoms with Crippen molar-refractivity contribution < 1.29 is 13.2 Å². The van der Waals surface area contributed by atoms with Crippen LogP contribution in [0, 0.1) is 18.6 Å². The van der Waals surface area contributed by atoms with E-state index in [1.54, 1.807) is 13.1 Å². The molecule has 21 heavy (non-hydrogen) atoms. The summed E-state index contributed by atoms with van der Waals surface area (Å²) in [6, 6.07) is 11.4. The van der Waals surface area contributed by atoms with Gasteiger partial charge in [0.05, 0.1) is 6.04 Å². The van der Waals surface area contributed by atoms with E-state index in [1.807, 2.05) is 31.2 Å². The number of furan rings is 1. The van der Waals surface area contributed by atoms with Crippen molar-refractivity contribution in [2.75, 3.05) is 7.05 Å². The standard InChI is InChI=1S/C17H15F2NO/c1-10-4-3-5-12-9-15(21-17(10)12)16(20-2)11-6-7-13(18)14(19)8-11/h3-9,16,20H,1-2H3. The number of hydrogen-bond donors (Lipinski definition) is 1. The van der Waals surface area contributed by atoms with Crippen LogP contribution in [0.1, 0.15) is 22.9 Å². The molecular weight excluding hydrogens is 272 g/mol. The van der Waals surface area contributed by atoms with E-state index in [9.17, 15) is 8.78 Å². The Bertz CT molecular complexity index is 795. The van der Waals surface area contributed by atoms with Crippen LogP contribution in [-0.2, 0) is 0 Å². The molecule has 0 saturated heterocycles. The first kappa shape index (κ1) is 13.8. The monoisotopic (exact) mass is 287 g/mol. The maximum Gasteiger partial charge on any atom is 0.159 e. The van der Waals surface area contributed by atoms with E-state index in [1.165, 1.54) is 6.07 Å². The van der Waals surface area contributed by atoms with Gasteiger partial charge in [0.2, 0.25) is 0 Å². The first-order valence-corrected chi connectivity index (χ1v) is 6.71. The summed E-state index contributed by atoms with van der Waals surface area (Å²) in [5.74, 6) is -1.04. The number of benzene rings is 2. The Labute approximate surface area is 121 Å². The highest BCUT2D eigenvalue weighted by atomic mass is 19.2. The van der Waals surface area contributed by atoms with Crippen molar-refractivity contribution in [3.05, 3.63) is 71.0 Å². The smallest absolute Gasteiger partial charge is 0.159 e. The Morgan fingerprint density at radius 3 is 2.52 bits per heavy atom. The molecule has 0 aliphatic rings. The number of halogens is 2. The van der Waals surface area contributed by atoms with Gasteiger partial charge in [0.25, 0.3) is 0 Å². The van der Waals surface area contributed by atoms with Gasteiger partial charge in [-0.25, -0.2) is 8.78 Å². The molecule has 0 bridgehead atoms. The summed E-state index contributed by atoms with van der Waals surface area (Å²) in [6.07, 6.45) is 0. The van der Waals surface area contributed by atoms with Crippen molar-refractivity contribution in [1.29, 1.82) is 0 Å². The number of para-hydroxylation sites is 1. The van der Waals surface area contributed by atoms with Gasteiger partial charge in [-0.1, -0.05) is 24.3 Å². The topological polar surface area (TPSA) is 25.2 Å². The van der Waals surface area contributed by atoms with Crippen LogP contribution >= 0.6 is 0 Å². The minimum atomic E-state index is -0.861. The van der Waals surface area contributed by atoms with E-state index < -0.39 is 11.6 Å². The van der Waals surface area contributed by atoms with Crippen LogP contribution in [0.2, 0.25) is 0 Å². The quantitative estimate of drug-likeness (QED) is 0.775. The second kappa shape index (κ2) is 5.30. The summed E-state index contributed by atoms with van der Waals surface area (Å²) in [5, 5.41) is 4.07. The molecular formula is C17H15F2NO. The predicted octanol–water partition coefficient (Wildman–Crippen LogP) is 4.33. The number of aryl methyl sites for hydroxylation is 1. The van der Waals surface area contributed by atoms with Crippen molar-refractivity contribution in [1.82, 2.24) is 5.32 Å². The lowest BCUT2D eigenvalue weighted by Crippen LogP contribution is -2.17. The number of hydrogen-bond acceptors (Lipinski definition) is 2. The first-order valence-electron chi connectivity index (χ1n) is 6.71. The van der Waals surface area contributed by atoms with E-state index in [2.05, 4.69) is 5.32 Å². The molecule has 1 heterocycles. The Balaban J connectivity index is 2.09. The summed E-state index contributed by atoms with van der Waals surface area (Å²) >= 11 is 0. The summed E-state index contributed by atoms with van der Waals surface area (Å²) in [6.45, 7) is 1.97. The third kappa shape index (κ3) is 2.43. The minimum absolute atomic E-state index is 0.327. The molecule has 0 radical (unpaired) electrons. The molecule has 4 heteroatoms. The van der Waals surface area contributed by atoms with Gasteiger partial charge in [-0.05, 0) is 43.3 Å². The summed E-state index contributed by atoms with van der Waals surface area (Å²) in [7, 11) is 1.76. The Kier molecular flexibility index (Phi) is 3.47. The summed E-state index contributed by atoms with van der Waals surface area (Å²) < 4.78 is 32.4. The highest BCUT2D eigenvalue weighted by Crippen LogP contribution is 2.30. The lowest BCUT2D eigenvalue weighted by Gasteiger charge is -2.14. The Morgan fingerprint density at radius 1 is 1.05 bits per heavy atom. The fourth-order valence-corrected chi connectivity index (χ4v) is 2.54. The van der Waals surface area contributed by atoms with Crippen LogP contribution in [0.4, 0.5) is 8.78 Å². The third-order valence-corrected chi connectivity index (χ3v) is 3.61. The molecule has 2 aromatic carbocycles. The SMILES string of the molecule is CNC(c1ccc(F)c(F)c1)c1cc2cccc(C)c2o1. The first-order chi connectivity index (χ1) is 10.1. The molecule has 2 nitrogen and oxygen atoms in total. The molecule has 0 saturated carbocycles. The zero-order valence-corrected chi connectivity index (χ0v) is 11.8. The van der Waals surface area contributed by atoms with Crippen molar-refractivity contribution in [3.8, 4) is 0 Å². The molecule has 1 aromatic heterocycles. The van der Waals surface area contributed by atoms with E-state index in [0.717, 1.165) is 22.6 Å². The largest absolute Gasteiger partial charge is 0.459 e. The molecule has 1 unspecified atom stereocenters. The van der Waals surface area contributed by atoms with E-state index in [4.69, 9.17) is 4.42 Å². The molecule has 3 aromatic rings. The number of rotatable bonds is 3. The highest BCUT2D eigenvalue weighted by molar-refractivity contribution is 5.81. The molecule has 1 N–H and O–H groups in total. The maximum absolute atomic E-state index is 13.4. The lowest BCUT2D eigenvalue weighted by molar-refractivity contribution is 0.480. The molecule has 0 amide bonds. The Morgan fingerprint density at radius 2 is 1.86 bits per heavy atom. The van der Waals surface area contributed by atoms with E-state index in [0.29, 0.717) is 11.3 Å². The summed E-state index contributed by atoms with van der Waals surface area (Å²) in [5.41, 5.74) is 2.47. The zero-order chi connectivity index (χ0) is 15.0. The van der Waals surface area contributed by atoms with Crippen LogP contribution in [0.5, 0.6) is 0 Å². The maximum atomic E-state index is 13.4. The van der Waals surface area contributed by atoms with Crippen molar-refractivity contribution >= 4 is 11.0 Å². The Hall–Kier alpha value is -2.20. The van der Waals surface area contributed by atoms with Crippen molar-refractivity contribution in [2.24, 2.45) is 0 Å². The van der Waals surface area contributed by atoms with E-state index in [-0.39, 0.29) is 6.04 Å². The van der Waals surface area contributed by atoms with Crippen LogP contribution in [-0.4, -0.2) is 7.05 Å². The molecule has 0 aliphatic heterocycles. The van der Waals surface area contributed by atoms with Gasteiger partial charge in [-0.2, -0.15) is 0 Å². The molecule has 1 atom stereocenters. The van der Waals surface area contributed by atoms with E-state index >= 15 is 0 Å². The lowest BCUT2D eigenvalue weighted by atomic mass is 10.0. The van der Waals surface area contributed by atoms with Crippen LogP contribution in [0.15, 0.2) is 46.9 Å². The van der Waals surface area contributed by atoms with Crippen LogP contribution < -0.4 is 5.32 Å². The molecule has 3 rings (SSSR count). The average Bonchev–Trinajstić information content (AvgIpc) is 2.89. The normalized spacial score (nSPS) is 12.8. The van der Waals surface area contributed by atoms with Gasteiger partial charge in [0.15, 0.2) is 11.6 Å². The zero-order valence-electron chi connectivity index (χ0n) is 11.8. The second-order valence-electron chi connectivity index (χ2n) is 5.04. The number of fused-ring (bicyclic) bond motifs is 1. The van der Waals surface area contributed by atoms with Crippen molar-refractivity contribution in [2.45, 2.75) is 13.0 Å². The van der Waals surface area contributed by atoms with Gasteiger partial charge in [-0.15, -0.1) is 0 Å². The third-order valence-electron chi connectivity index (χ3n) is 3.61. The van der Waals surface area contributed by atoms with Crippen LogP contribution in [0.25, 0.3) is 11.0 Å². The highest BCUT2D eigenvalue weighted by Gasteiger charge is 2.18.